The highest BCUT2D eigenvalue weighted by Gasteiger charge is 2.19. The van der Waals surface area contributed by atoms with Crippen LogP contribution in [0.15, 0.2) is 36.5 Å². The minimum Gasteiger partial charge on any atom is -0.317 e. The molecule has 21 heavy (non-hydrogen) atoms. The fourth-order valence-electron chi connectivity index (χ4n) is 2.87. The predicted molar refractivity (Wildman–Crippen MR) is 80.9 cm³/mol. The number of halogens is 1. The van der Waals surface area contributed by atoms with Crippen LogP contribution in [0.5, 0.6) is 0 Å². The maximum absolute atomic E-state index is 13.0. The van der Waals surface area contributed by atoms with Crippen LogP contribution in [0.4, 0.5) is 4.39 Å². The van der Waals surface area contributed by atoms with Gasteiger partial charge in [0.05, 0.1) is 11.4 Å². The number of hydrogen-bond donors (Lipinski definition) is 1. The van der Waals surface area contributed by atoms with Gasteiger partial charge in [-0.2, -0.15) is 5.10 Å². The first-order valence-corrected chi connectivity index (χ1v) is 7.45. The van der Waals surface area contributed by atoms with Crippen LogP contribution in [0.2, 0.25) is 0 Å². The van der Waals surface area contributed by atoms with Gasteiger partial charge in [0.2, 0.25) is 0 Å². The zero-order valence-electron chi connectivity index (χ0n) is 12.3. The molecule has 1 aliphatic rings. The monoisotopic (exact) mass is 288 g/mol. The Hall–Kier alpha value is -1.72. The SMILES string of the molecule is CNC1CCN(Cc2ccnn2-c2ccc(F)cc2)CC1. The molecule has 0 amide bonds. The maximum Gasteiger partial charge on any atom is 0.123 e. The normalized spacial score (nSPS) is 17.2. The van der Waals surface area contributed by atoms with E-state index in [1.165, 1.54) is 25.0 Å². The van der Waals surface area contributed by atoms with E-state index in [2.05, 4.69) is 15.3 Å². The summed E-state index contributed by atoms with van der Waals surface area (Å²) in [4.78, 5) is 2.45. The van der Waals surface area contributed by atoms with Crippen LogP contribution in [0.1, 0.15) is 18.5 Å². The number of nitrogens with zero attached hydrogens (tertiary/aromatic N) is 3. The zero-order valence-corrected chi connectivity index (χ0v) is 12.3. The molecule has 4 nitrogen and oxygen atoms in total. The summed E-state index contributed by atoms with van der Waals surface area (Å²) in [5, 5.41) is 7.71. The third-order valence-electron chi connectivity index (χ3n) is 4.17. The summed E-state index contributed by atoms with van der Waals surface area (Å²) in [6, 6.07) is 9.15. The molecule has 5 heteroatoms. The molecule has 3 rings (SSSR count). The summed E-state index contributed by atoms with van der Waals surface area (Å²) in [6.45, 7) is 3.08. The van der Waals surface area contributed by atoms with Crippen LogP contribution in [0.3, 0.4) is 0 Å². The molecular weight excluding hydrogens is 267 g/mol. The van der Waals surface area contributed by atoms with Crippen molar-refractivity contribution in [2.24, 2.45) is 0 Å². The predicted octanol–water partition coefficient (Wildman–Crippen LogP) is 2.20. The van der Waals surface area contributed by atoms with E-state index in [4.69, 9.17) is 0 Å². The standard InChI is InChI=1S/C16H21FN4/c1-18-14-7-10-20(11-8-14)12-16-6-9-19-21(16)15-4-2-13(17)3-5-15/h2-6,9,14,18H,7-8,10-12H2,1H3. The Labute approximate surface area is 124 Å². The maximum atomic E-state index is 13.0. The average molecular weight is 288 g/mol. The second-order valence-corrected chi connectivity index (χ2v) is 5.55. The van der Waals surface area contributed by atoms with E-state index >= 15 is 0 Å². The second-order valence-electron chi connectivity index (χ2n) is 5.55. The van der Waals surface area contributed by atoms with E-state index in [0.29, 0.717) is 6.04 Å². The van der Waals surface area contributed by atoms with Crippen molar-refractivity contribution in [3.63, 3.8) is 0 Å². The van der Waals surface area contributed by atoms with Crippen molar-refractivity contribution in [1.29, 1.82) is 0 Å². The van der Waals surface area contributed by atoms with Gasteiger partial charge in [0.25, 0.3) is 0 Å². The smallest absolute Gasteiger partial charge is 0.123 e. The molecule has 1 fully saturated rings. The fraction of sp³-hybridized carbons (Fsp3) is 0.438. The van der Waals surface area contributed by atoms with Crippen LogP contribution in [0.25, 0.3) is 5.69 Å². The molecule has 1 saturated heterocycles. The highest BCUT2D eigenvalue weighted by atomic mass is 19.1. The Kier molecular flexibility index (Phi) is 4.31. The highest BCUT2D eigenvalue weighted by Crippen LogP contribution is 2.16. The van der Waals surface area contributed by atoms with Crippen molar-refractivity contribution in [2.75, 3.05) is 20.1 Å². The first-order chi connectivity index (χ1) is 10.3. The van der Waals surface area contributed by atoms with E-state index in [1.807, 2.05) is 17.8 Å². The summed E-state index contributed by atoms with van der Waals surface area (Å²) in [6.07, 6.45) is 4.17. The Balaban J connectivity index is 1.70. The van der Waals surface area contributed by atoms with E-state index in [0.717, 1.165) is 31.0 Å². The molecule has 0 atom stereocenters. The number of piperidine rings is 1. The number of hydrogen-bond acceptors (Lipinski definition) is 3. The Morgan fingerprint density at radius 2 is 1.90 bits per heavy atom. The average Bonchev–Trinajstić information content (AvgIpc) is 2.97. The van der Waals surface area contributed by atoms with Gasteiger partial charge < -0.3 is 5.32 Å². The lowest BCUT2D eigenvalue weighted by molar-refractivity contribution is 0.191. The van der Waals surface area contributed by atoms with Crippen LogP contribution in [-0.4, -0.2) is 40.9 Å². The zero-order chi connectivity index (χ0) is 14.7. The molecule has 112 valence electrons. The molecule has 0 spiro atoms. The van der Waals surface area contributed by atoms with Gasteiger partial charge in [0.15, 0.2) is 0 Å². The van der Waals surface area contributed by atoms with Gasteiger partial charge in [-0.1, -0.05) is 0 Å². The van der Waals surface area contributed by atoms with Gasteiger partial charge in [-0.25, -0.2) is 9.07 Å². The number of nitrogens with one attached hydrogen (secondary N) is 1. The summed E-state index contributed by atoms with van der Waals surface area (Å²) in [5.41, 5.74) is 2.05. The van der Waals surface area contributed by atoms with Gasteiger partial charge in [-0.05, 0) is 50.2 Å². The Morgan fingerprint density at radius 3 is 2.57 bits per heavy atom. The topological polar surface area (TPSA) is 33.1 Å². The van der Waals surface area contributed by atoms with Gasteiger partial charge in [-0.15, -0.1) is 0 Å². The van der Waals surface area contributed by atoms with Crippen LogP contribution >= 0.6 is 0 Å². The summed E-state index contributed by atoms with van der Waals surface area (Å²) >= 11 is 0. The van der Waals surface area contributed by atoms with E-state index < -0.39 is 0 Å². The first kappa shape index (κ1) is 14.2. The van der Waals surface area contributed by atoms with Gasteiger partial charge in [-0.3, -0.25) is 4.90 Å². The Morgan fingerprint density at radius 1 is 1.19 bits per heavy atom. The van der Waals surface area contributed by atoms with Crippen molar-refractivity contribution in [1.82, 2.24) is 20.0 Å². The second kappa shape index (κ2) is 6.37. The molecule has 0 saturated carbocycles. The van der Waals surface area contributed by atoms with Crippen LogP contribution in [-0.2, 0) is 6.54 Å². The largest absolute Gasteiger partial charge is 0.317 e. The highest BCUT2D eigenvalue weighted by molar-refractivity contribution is 5.32. The summed E-state index contributed by atoms with van der Waals surface area (Å²) < 4.78 is 14.9. The molecule has 2 aromatic rings. The van der Waals surface area contributed by atoms with Crippen molar-refractivity contribution in [3.05, 3.63) is 48.0 Å². The van der Waals surface area contributed by atoms with Gasteiger partial charge in [0, 0.05) is 31.9 Å². The summed E-state index contributed by atoms with van der Waals surface area (Å²) in [7, 11) is 2.03. The molecule has 0 radical (unpaired) electrons. The molecule has 1 aromatic carbocycles. The summed E-state index contributed by atoms with van der Waals surface area (Å²) in [5.74, 6) is -0.221. The minimum atomic E-state index is -0.221. The molecule has 2 heterocycles. The molecule has 1 N–H and O–H groups in total. The molecule has 1 aromatic heterocycles. The molecule has 0 bridgehead atoms. The van der Waals surface area contributed by atoms with Gasteiger partial charge in [0.1, 0.15) is 5.82 Å². The minimum absolute atomic E-state index is 0.221. The van der Waals surface area contributed by atoms with Gasteiger partial charge >= 0.3 is 0 Å². The molecular formula is C16H21FN4. The third-order valence-corrected chi connectivity index (χ3v) is 4.17. The lowest BCUT2D eigenvalue weighted by atomic mass is 10.1. The van der Waals surface area contributed by atoms with Crippen molar-refractivity contribution < 1.29 is 4.39 Å². The van der Waals surface area contributed by atoms with Crippen LogP contribution in [0, 0.1) is 5.82 Å². The molecule has 1 aliphatic heterocycles. The lowest BCUT2D eigenvalue weighted by Crippen LogP contribution is -2.41. The number of benzene rings is 1. The van der Waals surface area contributed by atoms with E-state index in [9.17, 15) is 4.39 Å². The lowest BCUT2D eigenvalue weighted by Gasteiger charge is -2.31. The van der Waals surface area contributed by atoms with E-state index in [-0.39, 0.29) is 5.82 Å². The van der Waals surface area contributed by atoms with Crippen LogP contribution < -0.4 is 5.32 Å². The van der Waals surface area contributed by atoms with E-state index in [1.54, 1.807) is 18.3 Å². The quantitative estimate of drug-likeness (QED) is 0.936. The van der Waals surface area contributed by atoms with Crippen molar-refractivity contribution in [2.45, 2.75) is 25.4 Å². The third kappa shape index (κ3) is 3.31. The number of likely N-dealkylation sites (tertiary alicyclic amines) is 1. The number of aromatic nitrogens is 2. The molecule has 0 aliphatic carbocycles. The number of rotatable bonds is 4. The first-order valence-electron chi connectivity index (χ1n) is 7.45. The Bertz CT molecular complexity index is 570. The van der Waals surface area contributed by atoms with Crippen molar-refractivity contribution >= 4 is 0 Å². The molecule has 0 unspecified atom stereocenters. The fourth-order valence-corrected chi connectivity index (χ4v) is 2.87. The van der Waals surface area contributed by atoms with Crippen molar-refractivity contribution in [3.8, 4) is 5.69 Å².